The lowest BCUT2D eigenvalue weighted by atomic mass is 9.98. The van der Waals surface area contributed by atoms with E-state index >= 15 is 0 Å². The third kappa shape index (κ3) is 44.5. The highest BCUT2D eigenvalue weighted by Crippen LogP contribution is 2.44. The zero-order valence-electron chi connectivity index (χ0n) is 48.9. The Kier molecular flexibility index (Phi) is 51.0. The van der Waals surface area contributed by atoms with Crippen LogP contribution in [0.5, 0.6) is 0 Å². The van der Waals surface area contributed by atoms with Gasteiger partial charge in [-0.1, -0.05) is 48.5 Å². The van der Waals surface area contributed by atoms with E-state index in [4.69, 9.17) is 105 Å². The van der Waals surface area contributed by atoms with E-state index in [0.717, 1.165) is 0 Å². The van der Waals surface area contributed by atoms with Gasteiger partial charge in [-0.05, 0) is 22.3 Å². The Labute approximate surface area is 490 Å². The van der Waals surface area contributed by atoms with E-state index in [-0.39, 0.29) is 25.6 Å². The van der Waals surface area contributed by atoms with Crippen molar-refractivity contribution in [1.29, 1.82) is 0 Å². The van der Waals surface area contributed by atoms with Crippen molar-refractivity contribution in [2.24, 2.45) is 0 Å². The van der Waals surface area contributed by atoms with Gasteiger partial charge in [-0.15, -0.1) is 0 Å². The first-order valence-electron chi connectivity index (χ1n) is 29.0. The number of hydrogen-bond donors (Lipinski definition) is 2. The monoisotopic (exact) mass is 1190 g/mol. The lowest BCUT2D eigenvalue weighted by Gasteiger charge is -2.14. The molecule has 0 atom stereocenters. The van der Waals surface area contributed by atoms with Crippen LogP contribution in [0.15, 0.2) is 48.5 Å². The predicted octanol–water partition coefficient (Wildman–Crippen LogP) is 3.33. The molecule has 1 amide bonds. The summed E-state index contributed by atoms with van der Waals surface area (Å²) in [5, 5.41) is 11.3. The highest BCUT2D eigenvalue weighted by Gasteiger charge is 2.29. The van der Waals surface area contributed by atoms with Gasteiger partial charge in [-0.2, -0.15) is 0 Å². The summed E-state index contributed by atoms with van der Waals surface area (Å²) >= 11 is 0. The zero-order chi connectivity index (χ0) is 58.7. The van der Waals surface area contributed by atoms with Gasteiger partial charge in [-0.25, -0.2) is 4.79 Å². The van der Waals surface area contributed by atoms with E-state index in [1.807, 2.05) is 24.3 Å². The van der Waals surface area contributed by atoms with Crippen LogP contribution in [0.4, 0.5) is 4.79 Å². The summed E-state index contributed by atoms with van der Waals surface area (Å²) in [5.74, 6) is -0.853. The molecule has 3 rings (SSSR count). The van der Waals surface area contributed by atoms with E-state index in [0.29, 0.717) is 264 Å². The number of carbonyl (C=O) groups excluding carboxylic acids is 1. The molecule has 1 aliphatic carbocycles. The first-order chi connectivity index (χ1) is 41.2. The molecule has 2 aromatic carbocycles. The fourth-order valence-electron chi connectivity index (χ4n) is 7.31. The molecule has 0 aromatic heterocycles. The third-order valence-electron chi connectivity index (χ3n) is 11.4. The normalized spacial score (nSPS) is 12.1. The van der Waals surface area contributed by atoms with Gasteiger partial charge < -0.3 is 110 Å². The van der Waals surface area contributed by atoms with Gasteiger partial charge in [0.1, 0.15) is 6.61 Å². The standard InChI is InChI=1S/C58H97NO24/c60-57(61)9-11-63-13-15-65-17-19-67-21-23-69-25-27-71-29-31-73-33-35-75-37-39-77-41-43-79-45-47-81-49-50-82-48-46-80-44-42-78-40-38-76-36-34-74-32-30-72-28-26-70-24-22-68-20-18-66-16-14-64-12-10-59-58(62)83-51-56-54-7-3-1-5-52(54)53-6-2-4-8-55(53)56/h1-8,56H,9-51H2,(H,59,62)(H,60,61). The van der Waals surface area contributed by atoms with Gasteiger partial charge in [0, 0.05) is 12.5 Å². The Bertz CT molecular complexity index is 1710. The van der Waals surface area contributed by atoms with Crippen molar-refractivity contribution in [3.63, 3.8) is 0 Å². The minimum absolute atomic E-state index is 0.0105. The summed E-state index contributed by atoms with van der Waals surface area (Å²) < 4.78 is 115. The Morgan fingerprint density at radius 2 is 0.506 bits per heavy atom. The number of carbonyl (C=O) groups is 2. The second kappa shape index (κ2) is 57.5. The molecule has 0 unspecified atom stereocenters. The number of amides is 1. The molecule has 0 saturated heterocycles. The molecule has 25 nitrogen and oxygen atoms in total. The van der Waals surface area contributed by atoms with Crippen molar-refractivity contribution in [2.45, 2.75) is 12.3 Å². The highest BCUT2D eigenvalue weighted by molar-refractivity contribution is 5.79. The molecule has 0 aliphatic heterocycles. The van der Waals surface area contributed by atoms with E-state index in [1.165, 1.54) is 22.3 Å². The molecule has 2 N–H and O–H groups in total. The summed E-state index contributed by atoms with van der Waals surface area (Å²) in [6.07, 6.45) is -0.470. The Balaban J connectivity index is 0.862. The minimum atomic E-state index is -0.880. The van der Waals surface area contributed by atoms with Crippen LogP contribution in [-0.4, -0.2) is 295 Å². The Morgan fingerprint density at radius 3 is 0.735 bits per heavy atom. The molecule has 83 heavy (non-hydrogen) atoms. The Morgan fingerprint density at radius 1 is 0.301 bits per heavy atom. The fraction of sp³-hybridized carbons (Fsp3) is 0.759. The van der Waals surface area contributed by atoms with Crippen LogP contribution in [0.3, 0.4) is 0 Å². The van der Waals surface area contributed by atoms with Crippen molar-refractivity contribution in [1.82, 2.24) is 5.32 Å². The van der Waals surface area contributed by atoms with Crippen molar-refractivity contribution < 1.29 is 114 Å². The van der Waals surface area contributed by atoms with Crippen LogP contribution in [-0.2, 0) is 104 Å². The molecular weight excluding hydrogens is 1090 g/mol. The second-order valence-corrected chi connectivity index (χ2v) is 17.6. The molecule has 0 bridgehead atoms. The number of benzene rings is 2. The molecule has 25 heteroatoms. The topological polar surface area (TPSA) is 260 Å². The number of rotatable bonds is 65. The number of nitrogens with one attached hydrogen (secondary N) is 1. The maximum absolute atomic E-state index is 12.3. The van der Waals surface area contributed by atoms with Gasteiger partial charge >= 0.3 is 12.1 Å². The summed E-state index contributed by atoms with van der Waals surface area (Å²) in [6.45, 7) is 18.8. The molecule has 0 spiro atoms. The maximum atomic E-state index is 12.3. The average Bonchev–Trinajstić information content (AvgIpc) is 3.85. The van der Waals surface area contributed by atoms with Crippen molar-refractivity contribution >= 4 is 12.1 Å². The van der Waals surface area contributed by atoms with Crippen molar-refractivity contribution in [2.75, 3.05) is 277 Å². The molecular formula is C58H97NO24. The maximum Gasteiger partial charge on any atom is 0.407 e. The lowest BCUT2D eigenvalue weighted by molar-refractivity contribution is -0.138. The molecule has 0 radical (unpaired) electrons. The van der Waals surface area contributed by atoms with Gasteiger partial charge in [0.05, 0.1) is 271 Å². The third-order valence-corrected chi connectivity index (χ3v) is 11.4. The number of hydrogen-bond acceptors (Lipinski definition) is 23. The van der Waals surface area contributed by atoms with Gasteiger partial charge in [-0.3, -0.25) is 4.79 Å². The number of carboxylic acid groups (broad SMARTS) is 1. The van der Waals surface area contributed by atoms with Crippen molar-refractivity contribution in [3.05, 3.63) is 59.7 Å². The zero-order valence-corrected chi connectivity index (χ0v) is 48.9. The quantitative estimate of drug-likeness (QED) is 0.0900. The van der Waals surface area contributed by atoms with Crippen LogP contribution in [0.25, 0.3) is 11.1 Å². The fourth-order valence-corrected chi connectivity index (χ4v) is 7.31. The van der Waals surface area contributed by atoms with E-state index < -0.39 is 12.1 Å². The lowest BCUT2D eigenvalue weighted by Crippen LogP contribution is -2.29. The van der Waals surface area contributed by atoms with Crippen LogP contribution < -0.4 is 5.32 Å². The number of carboxylic acids is 1. The molecule has 1 aliphatic rings. The van der Waals surface area contributed by atoms with E-state index in [9.17, 15) is 9.59 Å². The van der Waals surface area contributed by atoms with Gasteiger partial charge in [0.2, 0.25) is 0 Å². The smallest absolute Gasteiger partial charge is 0.407 e. The predicted molar refractivity (Wildman–Crippen MR) is 302 cm³/mol. The van der Waals surface area contributed by atoms with Crippen molar-refractivity contribution in [3.8, 4) is 11.1 Å². The Hall–Kier alpha value is -3.62. The first kappa shape index (κ1) is 73.6. The highest BCUT2D eigenvalue weighted by atomic mass is 16.6. The number of ether oxygens (including phenoxy) is 21. The summed E-state index contributed by atoms with van der Waals surface area (Å²) in [5.41, 5.74) is 4.75. The summed E-state index contributed by atoms with van der Waals surface area (Å²) in [6, 6.07) is 16.5. The number of alkyl carbamates (subject to hydrolysis) is 1. The average molecular weight is 1190 g/mol. The summed E-state index contributed by atoms with van der Waals surface area (Å²) in [4.78, 5) is 22.7. The molecule has 0 fully saturated rings. The minimum Gasteiger partial charge on any atom is -0.481 e. The van der Waals surface area contributed by atoms with Gasteiger partial charge in [0.15, 0.2) is 0 Å². The van der Waals surface area contributed by atoms with Crippen LogP contribution >= 0.6 is 0 Å². The van der Waals surface area contributed by atoms with Crippen LogP contribution in [0.2, 0.25) is 0 Å². The molecule has 2 aromatic rings. The number of aliphatic carboxylic acids is 1. The molecule has 0 heterocycles. The number of fused-ring (bicyclic) bond motifs is 3. The second-order valence-electron chi connectivity index (χ2n) is 17.6. The summed E-state index contributed by atoms with van der Waals surface area (Å²) in [7, 11) is 0. The first-order valence-corrected chi connectivity index (χ1v) is 29.0. The molecule has 478 valence electrons. The van der Waals surface area contributed by atoms with Crippen LogP contribution in [0, 0.1) is 0 Å². The van der Waals surface area contributed by atoms with Gasteiger partial charge in [0.25, 0.3) is 0 Å². The van der Waals surface area contributed by atoms with E-state index in [2.05, 4.69) is 29.6 Å². The molecule has 0 saturated carbocycles. The largest absolute Gasteiger partial charge is 0.481 e. The van der Waals surface area contributed by atoms with Crippen LogP contribution in [0.1, 0.15) is 23.5 Å². The van der Waals surface area contributed by atoms with E-state index in [1.54, 1.807) is 0 Å². The SMILES string of the molecule is O=C(O)CCOCCOCCOCCOCCOCCOCCOCCOCCOCCOCCOCCOCCOCCOCCOCCOCCOCCOCCOCCOCCNC(=O)OCC1c2ccccc2-c2ccccc21.